The maximum Gasteiger partial charge on any atom is 0.122 e. The first kappa shape index (κ1) is 13.0. The summed E-state index contributed by atoms with van der Waals surface area (Å²) < 4.78 is 5.42. The molecule has 0 radical (unpaired) electrons. The molecule has 0 amide bonds. The Morgan fingerprint density at radius 3 is 2.85 bits per heavy atom. The SMILES string of the molecule is COc1ccccc1Cc1[nH]ncc1N1CCNCC1. The predicted molar refractivity (Wildman–Crippen MR) is 79.5 cm³/mol. The first-order valence-corrected chi connectivity index (χ1v) is 6.98. The number of aromatic amines is 1. The van der Waals surface area contributed by atoms with Crippen LogP contribution >= 0.6 is 0 Å². The van der Waals surface area contributed by atoms with Gasteiger partial charge >= 0.3 is 0 Å². The lowest BCUT2D eigenvalue weighted by molar-refractivity contribution is 0.410. The van der Waals surface area contributed by atoms with Crippen molar-refractivity contribution in [1.29, 1.82) is 0 Å². The number of aromatic nitrogens is 2. The van der Waals surface area contributed by atoms with Gasteiger partial charge in [0, 0.05) is 38.2 Å². The molecule has 0 spiro atoms. The van der Waals surface area contributed by atoms with Gasteiger partial charge in [-0.2, -0.15) is 5.10 Å². The summed E-state index contributed by atoms with van der Waals surface area (Å²) in [5.41, 5.74) is 3.53. The van der Waals surface area contributed by atoms with Crippen molar-refractivity contribution >= 4 is 5.69 Å². The van der Waals surface area contributed by atoms with Gasteiger partial charge in [0.25, 0.3) is 0 Å². The van der Waals surface area contributed by atoms with Crippen LogP contribution in [-0.2, 0) is 6.42 Å². The largest absolute Gasteiger partial charge is 0.496 e. The van der Waals surface area contributed by atoms with Gasteiger partial charge in [-0.25, -0.2) is 0 Å². The van der Waals surface area contributed by atoms with E-state index in [-0.39, 0.29) is 0 Å². The summed E-state index contributed by atoms with van der Waals surface area (Å²) in [7, 11) is 1.71. The van der Waals surface area contributed by atoms with Crippen molar-refractivity contribution in [3.8, 4) is 5.75 Å². The Balaban J connectivity index is 1.82. The second kappa shape index (κ2) is 5.96. The van der Waals surface area contributed by atoms with E-state index >= 15 is 0 Å². The normalized spacial score (nSPS) is 15.3. The van der Waals surface area contributed by atoms with Crippen LogP contribution in [0.2, 0.25) is 0 Å². The summed E-state index contributed by atoms with van der Waals surface area (Å²) in [6, 6.07) is 8.13. The van der Waals surface area contributed by atoms with Crippen molar-refractivity contribution in [1.82, 2.24) is 15.5 Å². The highest BCUT2D eigenvalue weighted by atomic mass is 16.5. The highest BCUT2D eigenvalue weighted by molar-refractivity contribution is 5.52. The number of nitrogens with one attached hydrogen (secondary N) is 2. The highest BCUT2D eigenvalue weighted by Gasteiger charge is 2.16. The number of rotatable bonds is 4. The number of para-hydroxylation sites is 1. The van der Waals surface area contributed by atoms with Gasteiger partial charge < -0.3 is 15.0 Å². The van der Waals surface area contributed by atoms with Crippen LogP contribution in [0.15, 0.2) is 30.5 Å². The van der Waals surface area contributed by atoms with Crippen LogP contribution in [0.25, 0.3) is 0 Å². The zero-order valence-corrected chi connectivity index (χ0v) is 11.7. The van der Waals surface area contributed by atoms with Crippen molar-refractivity contribution in [3.05, 3.63) is 41.7 Å². The lowest BCUT2D eigenvalue weighted by Crippen LogP contribution is -2.43. The fourth-order valence-electron chi connectivity index (χ4n) is 2.65. The summed E-state index contributed by atoms with van der Waals surface area (Å²) in [5.74, 6) is 0.924. The minimum Gasteiger partial charge on any atom is -0.496 e. The number of hydrogen-bond donors (Lipinski definition) is 2. The molecule has 3 rings (SSSR count). The molecule has 0 unspecified atom stereocenters. The average Bonchev–Trinajstić information content (AvgIpc) is 2.97. The Morgan fingerprint density at radius 2 is 2.05 bits per heavy atom. The Bertz CT molecular complexity index is 561. The fourth-order valence-corrected chi connectivity index (χ4v) is 2.65. The van der Waals surface area contributed by atoms with E-state index in [1.54, 1.807) is 7.11 Å². The van der Waals surface area contributed by atoms with Crippen LogP contribution in [0.1, 0.15) is 11.3 Å². The van der Waals surface area contributed by atoms with Crippen LogP contribution in [-0.4, -0.2) is 43.5 Å². The van der Waals surface area contributed by atoms with Crippen molar-refractivity contribution in [2.45, 2.75) is 6.42 Å². The zero-order chi connectivity index (χ0) is 13.8. The van der Waals surface area contributed by atoms with E-state index in [1.165, 1.54) is 11.3 Å². The Hall–Kier alpha value is -2.01. The Labute approximate surface area is 118 Å². The summed E-state index contributed by atoms with van der Waals surface area (Å²) in [4.78, 5) is 2.38. The standard InChI is InChI=1S/C15H20N4O/c1-20-15-5-3-2-4-12(15)10-13-14(11-17-18-13)19-8-6-16-7-9-19/h2-5,11,16H,6-10H2,1H3,(H,17,18). The van der Waals surface area contributed by atoms with Gasteiger partial charge in [-0.05, 0) is 6.07 Å². The Kier molecular flexibility index (Phi) is 3.87. The van der Waals surface area contributed by atoms with Crippen molar-refractivity contribution in [3.63, 3.8) is 0 Å². The zero-order valence-electron chi connectivity index (χ0n) is 11.7. The smallest absolute Gasteiger partial charge is 0.122 e. The molecule has 1 aromatic carbocycles. The number of methoxy groups -OCH3 is 1. The molecule has 2 aromatic rings. The molecule has 1 aliphatic rings. The van der Waals surface area contributed by atoms with Crippen molar-refractivity contribution < 1.29 is 4.74 Å². The van der Waals surface area contributed by atoms with Gasteiger partial charge in [-0.3, -0.25) is 5.10 Å². The molecule has 1 saturated heterocycles. The predicted octanol–water partition coefficient (Wildman–Crippen LogP) is 1.42. The molecule has 0 atom stereocenters. The van der Waals surface area contributed by atoms with E-state index in [2.05, 4.69) is 26.5 Å². The molecule has 5 nitrogen and oxygen atoms in total. The number of anilines is 1. The number of hydrogen-bond acceptors (Lipinski definition) is 4. The van der Waals surface area contributed by atoms with E-state index in [0.29, 0.717) is 0 Å². The van der Waals surface area contributed by atoms with Gasteiger partial charge in [0.15, 0.2) is 0 Å². The third-order valence-corrected chi connectivity index (χ3v) is 3.71. The van der Waals surface area contributed by atoms with E-state index in [1.807, 2.05) is 24.4 Å². The molecule has 1 aliphatic heterocycles. The average molecular weight is 272 g/mol. The summed E-state index contributed by atoms with van der Waals surface area (Å²) in [6.07, 6.45) is 2.74. The van der Waals surface area contributed by atoms with Crippen LogP contribution in [0.4, 0.5) is 5.69 Å². The molecule has 1 aromatic heterocycles. The molecule has 2 heterocycles. The summed E-state index contributed by atoms with van der Waals surface area (Å²) in [6.45, 7) is 4.11. The molecular formula is C15H20N4O. The van der Waals surface area contributed by atoms with E-state index in [4.69, 9.17) is 4.74 Å². The minimum atomic E-state index is 0.809. The molecule has 20 heavy (non-hydrogen) atoms. The maximum absolute atomic E-state index is 5.42. The lowest BCUT2D eigenvalue weighted by Gasteiger charge is -2.29. The van der Waals surface area contributed by atoms with Gasteiger partial charge in [0.2, 0.25) is 0 Å². The van der Waals surface area contributed by atoms with E-state index in [0.717, 1.165) is 44.0 Å². The molecule has 5 heteroatoms. The van der Waals surface area contributed by atoms with Crippen LogP contribution < -0.4 is 15.0 Å². The van der Waals surface area contributed by atoms with Gasteiger partial charge in [0.1, 0.15) is 5.75 Å². The second-order valence-electron chi connectivity index (χ2n) is 4.96. The van der Waals surface area contributed by atoms with Crippen molar-refractivity contribution in [2.24, 2.45) is 0 Å². The number of H-pyrrole nitrogens is 1. The second-order valence-corrected chi connectivity index (χ2v) is 4.96. The lowest BCUT2D eigenvalue weighted by atomic mass is 10.1. The number of benzene rings is 1. The number of nitrogens with zero attached hydrogens (tertiary/aromatic N) is 2. The molecule has 0 aliphatic carbocycles. The molecule has 106 valence electrons. The van der Waals surface area contributed by atoms with Crippen molar-refractivity contribution in [2.75, 3.05) is 38.2 Å². The van der Waals surface area contributed by atoms with Gasteiger partial charge in [-0.15, -0.1) is 0 Å². The van der Waals surface area contributed by atoms with Crippen LogP contribution in [0, 0.1) is 0 Å². The molecule has 0 bridgehead atoms. The quantitative estimate of drug-likeness (QED) is 0.884. The third kappa shape index (κ3) is 2.63. The van der Waals surface area contributed by atoms with Gasteiger partial charge in [0.05, 0.1) is 24.7 Å². The molecule has 2 N–H and O–H groups in total. The first-order valence-electron chi connectivity index (χ1n) is 6.98. The van der Waals surface area contributed by atoms with Gasteiger partial charge in [-0.1, -0.05) is 18.2 Å². The summed E-state index contributed by atoms with van der Waals surface area (Å²) >= 11 is 0. The summed E-state index contributed by atoms with van der Waals surface area (Å²) in [5, 5.41) is 10.7. The minimum absolute atomic E-state index is 0.809. The number of piperazine rings is 1. The van der Waals surface area contributed by atoms with E-state index < -0.39 is 0 Å². The fraction of sp³-hybridized carbons (Fsp3) is 0.400. The highest BCUT2D eigenvalue weighted by Crippen LogP contribution is 2.25. The third-order valence-electron chi connectivity index (χ3n) is 3.71. The monoisotopic (exact) mass is 272 g/mol. The van der Waals surface area contributed by atoms with Crippen LogP contribution in [0.3, 0.4) is 0 Å². The molecular weight excluding hydrogens is 252 g/mol. The molecule has 1 fully saturated rings. The number of ether oxygens (including phenoxy) is 1. The van der Waals surface area contributed by atoms with E-state index in [9.17, 15) is 0 Å². The maximum atomic E-state index is 5.42. The molecule has 0 saturated carbocycles. The Morgan fingerprint density at radius 1 is 1.25 bits per heavy atom. The first-order chi connectivity index (χ1) is 9.88. The van der Waals surface area contributed by atoms with Crippen LogP contribution in [0.5, 0.6) is 5.75 Å². The topological polar surface area (TPSA) is 53.2 Å².